The molecule has 2 rings (SSSR count). The van der Waals surface area contributed by atoms with Crippen molar-refractivity contribution in [1.82, 2.24) is 4.90 Å². The summed E-state index contributed by atoms with van der Waals surface area (Å²) < 4.78 is 5.38. The average Bonchev–Trinajstić information content (AvgIpc) is 2.79. The van der Waals surface area contributed by atoms with Crippen molar-refractivity contribution in [2.45, 2.75) is 45.8 Å². The zero-order chi connectivity index (χ0) is 15.4. The molecule has 1 heterocycles. The number of nitrogens with zero attached hydrogens (tertiary/aromatic N) is 1. The predicted octanol–water partition coefficient (Wildman–Crippen LogP) is 2.90. The molecule has 1 saturated heterocycles. The molecule has 1 amide bonds. The maximum atomic E-state index is 12.1. The quantitative estimate of drug-likeness (QED) is 0.876. The first-order valence-electron chi connectivity index (χ1n) is 7.67. The van der Waals surface area contributed by atoms with Crippen LogP contribution in [0.1, 0.15) is 50.3 Å². The molecular formula is C17H25NO3. The minimum atomic E-state index is -0.517. The lowest BCUT2D eigenvalue weighted by Crippen LogP contribution is -2.25. The summed E-state index contributed by atoms with van der Waals surface area (Å²) in [6.07, 6.45) is 2.36. The lowest BCUT2D eigenvalue weighted by Gasteiger charge is -2.19. The highest BCUT2D eigenvalue weighted by molar-refractivity contribution is 5.78. The molecule has 21 heavy (non-hydrogen) atoms. The Morgan fingerprint density at radius 1 is 1.48 bits per heavy atom. The molecule has 0 aromatic heterocycles. The monoisotopic (exact) mass is 291 g/mol. The summed E-state index contributed by atoms with van der Waals surface area (Å²) in [5.41, 5.74) is 1.81. The van der Waals surface area contributed by atoms with Crippen molar-refractivity contribution in [2.24, 2.45) is 5.92 Å². The molecule has 1 aromatic rings. The van der Waals surface area contributed by atoms with Crippen LogP contribution in [0.3, 0.4) is 0 Å². The van der Waals surface area contributed by atoms with Crippen LogP contribution in [-0.4, -0.2) is 29.6 Å². The van der Waals surface area contributed by atoms with Gasteiger partial charge in [0.25, 0.3) is 0 Å². The number of aliphatic hydroxyl groups excluding tert-OH is 1. The van der Waals surface area contributed by atoms with E-state index in [1.54, 1.807) is 14.0 Å². The number of rotatable bonds is 6. The molecule has 0 spiro atoms. The molecule has 1 aromatic carbocycles. The Labute approximate surface area is 126 Å². The summed E-state index contributed by atoms with van der Waals surface area (Å²) >= 11 is 0. The molecule has 1 N–H and O–H groups in total. The first kappa shape index (κ1) is 15.8. The van der Waals surface area contributed by atoms with Gasteiger partial charge in [0.2, 0.25) is 5.91 Å². The van der Waals surface area contributed by atoms with Crippen LogP contribution in [-0.2, 0) is 11.3 Å². The molecule has 4 nitrogen and oxygen atoms in total. The van der Waals surface area contributed by atoms with Gasteiger partial charge in [0.1, 0.15) is 5.75 Å². The Balaban J connectivity index is 2.14. The van der Waals surface area contributed by atoms with Gasteiger partial charge in [-0.05, 0) is 37.0 Å². The van der Waals surface area contributed by atoms with Crippen molar-refractivity contribution >= 4 is 5.91 Å². The smallest absolute Gasteiger partial charge is 0.223 e. The van der Waals surface area contributed by atoms with Crippen LogP contribution in [0.15, 0.2) is 18.2 Å². The maximum Gasteiger partial charge on any atom is 0.223 e. The molecular weight excluding hydrogens is 266 g/mol. The van der Waals surface area contributed by atoms with Crippen molar-refractivity contribution < 1.29 is 14.6 Å². The average molecular weight is 291 g/mol. The molecule has 4 heteroatoms. The van der Waals surface area contributed by atoms with Gasteiger partial charge in [-0.15, -0.1) is 0 Å². The van der Waals surface area contributed by atoms with E-state index in [-0.39, 0.29) is 5.91 Å². The van der Waals surface area contributed by atoms with E-state index >= 15 is 0 Å². The van der Waals surface area contributed by atoms with Gasteiger partial charge in [-0.2, -0.15) is 0 Å². The van der Waals surface area contributed by atoms with Crippen molar-refractivity contribution in [3.8, 4) is 5.75 Å². The first-order chi connectivity index (χ1) is 10.0. The third-order valence-corrected chi connectivity index (χ3v) is 4.14. The standard InChI is InChI=1S/C17H25NO3/c1-4-5-13-8-17(20)18(10-13)11-15-9-14(12(2)19)6-7-16(15)21-3/h6-7,9,12-13,19H,4-5,8,10-11H2,1-3H3. The van der Waals surface area contributed by atoms with E-state index in [1.807, 2.05) is 23.1 Å². The summed E-state index contributed by atoms with van der Waals surface area (Å²) in [5.74, 6) is 1.47. The summed E-state index contributed by atoms with van der Waals surface area (Å²) in [5, 5.41) is 9.72. The minimum absolute atomic E-state index is 0.220. The van der Waals surface area contributed by atoms with E-state index in [9.17, 15) is 9.90 Å². The second-order valence-corrected chi connectivity index (χ2v) is 5.88. The molecule has 0 bridgehead atoms. The molecule has 1 aliphatic heterocycles. The van der Waals surface area contributed by atoms with Gasteiger partial charge in [0.05, 0.1) is 13.2 Å². The molecule has 116 valence electrons. The third kappa shape index (κ3) is 3.76. The maximum absolute atomic E-state index is 12.1. The molecule has 1 fully saturated rings. The Kier molecular flexibility index (Phi) is 5.23. The van der Waals surface area contributed by atoms with E-state index in [4.69, 9.17) is 4.74 Å². The second-order valence-electron chi connectivity index (χ2n) is 5.88. The number of benzene rings is 1. The van der Waals surface area contributed by atoms with Crippen LogP contribution in [0.4, 0.5) is 0 Å². The van der Waals surface area contributed by atoms with Crippen molar-refractivity contribution in [3.63, 3.8) is 0 Å². The van der Waals surface area contributed by atoms with Gasteiger partial charge < -0.3 is 14.7 Å². The normalized spacial score (nSPS) is 19.9. The van der Waals surface area contributed by atoms with E-state index in [0.29, 0.717) is 18.9 Å². The van der Waals surface area contributed by atoms with Crippen molar-refractivity contribution in [2.75, 3.05) is 13.7 Å². The molecule has 0 radical (unpaired) electrons. The number of amides is 1. The zero-order valence-corrected chi connectivity index (χ0v) is 13.1. The SMILES string of the molecule is CCCC1CC(=O)N(Cc2cc(C(C)O)ccc2OC)C1. The van der Waals surface area contributed by atoms with Crippen molar-refractivity contribution in [1.29, 1.82) is 0 Å². The molecule has 2 unspecified atom stereocenters. The predicted molar refractivity (Wildman–Crippen MR) is 82.1 cm³/mol. The highest BCUT2D eigenvalue weighted by Gasteiger charge is 2.29. The van der Waals surface area contributed by atoms with Gasteiger partial charge in [-0.3, -0.25) is 4.79 Å². The summed E-state index contributed by atoms with van der Waals surface area (Å²) in [6.45, 7) is 5.28. The number of carbonyl (C=O) groups excluding carboxylic acids is 1. The highest BCUT2D eigenvalue weighted by atomic mass is 16.5. The van der Waals surface area contributed by atoms with Crippen molar-refractivity contribution in [3.05, 3.63) is 29.3 Å². The van der Waals surface area contributed by atoms with Gasteiger partial charge in [-0.25, -0.2) is 0 Å². The van der Waals surface area contributed by atoms with E-state index in [0.717, 1.165) is 36.3 Å². The van der Waals surface area contributed by atoms with E-state index in [2.05, 4.69) is 6.92 Å². The topological polar surface area (TPSA) is 49.8 Å². The fourth-order valence-corrected chi connectivity index (χ4v) is 3.00. The zero-order valence-electron chi connectivity index (χ0n) is 13.1. The number of likely N-dealkylation sites (tertiary alicyclic amines) is 1. The minimum Gasteiger partial charge on any atom is -0.496 e. The van der Waals surface area contributed by atoms with Gasteiger partial charge >= 0.3 is 0 Å². The first-order valence-corrected chi connectivity index (χ1v) is 7.67. The number of carbonyl (C=O) groups is 1. The van der Waals surface area contributed by atoms with Gasteiger partial charge in [0, 0.05) is 25.1 Å². The summed E-state index contributed by atoms with van der Waals surface area (Å²) in [7, 11) is 1.63. The van der Waals surface area contributed by atoms with Crippen LogP contribution in [0, 0.1) is 5.92 Å². The molecule has 1 aliphatic rings. The highest BCUT2D eigenvalue weighted by Crippen LogP contribution is 2.28. The lowest BCUT2D eigenvalue weighted by molar-refractivity contribution is -0.128. The Morgan fingerprint density at radius 3 is 2.86 bits per heavy atom. The number of hydrogen-bond donors (Lipinski definition) is 1. The van der Waals surface area contributed by atoms with Gasteiger partial charge in [0.15, 0.2) is 0 Å². The fourth-order valence-electron chi connectivity index (χ4n) is 3.00. The number of aliphatic hydroxyl groups is 1. The van der Waals surface area contributed by atoms with Crippen LogP contribution in [0.25, 0.3) is 0 Å². The van der Waals surface area contributed by atoms with Crippen LogP contribution >= 0.6 is 0 Å². The summed E-state index contributed by atoms with van der Waals surface area (Å²) in [4.78, 5) is 14.0. The third-order valence-electron chi connectivity index (χ3n) is 4.14. The second kappa shape index (κ2) is 6.94. The van der Waals surface area contributed by atoms with Crippen LogP contribution in [0.2, 0.25) is 0 Å². The molecule has 2 atom stereocenters. The number of ether oxygens (including phenoxy) is 1. The molecule has 0 aliphatic carbocycles. The van der Waals surface area contributed by atoms with E-state index in [1.165, 1.54) is 0 Å². The summed E-state index contributed by atoms with van der Waals surface area (Å²) in [6, 6.07) is 5.66. The lowest BCUT2D eigenvalue weighted by atomic mass is 10.0. The fraction of sp³-hybridized carbons (Fsp3) is 0.588. The van der Waals surface area contributed by atoms with Crippen LogP contribution in [0.5, 0.6) is 5.75 Å². The Bertz CT molecular complexity index is 499. The largest absolute Gasteiger partial charge is 0.496 e. The van der Waals surface area contributed by atoms with Gasteiger partial charge in [-0.1, -0.05) is 19.4 Å². The number of hydrogen-bond acceptors (Lipinski definition) is 3. The Hall–Kier alpha value is -1.55. The Morgan fingerprint density at radius 2 is 2.24 bits per heavy atom. The molecule has 0 saturated carbocycles. The number of methoxy groups -OCH3 is 1. The van der Waals surface area contributed by atoms with Crippen LogP contribution < -0.4 is 4.74 Å². The van der Waals surface area contributed by atoms with E-state index < -0.39 is 6.10 Å².